The van der Waals surface area contributed by atoms with Gasteiger partial charge in [0.15, 0.2) is 8.32 Å². The van der Waals surface area contributed by atoms with Crippen LogP contribution in [0.5, 0.6) is 0 Å². The summed E-state index contributed by atoms with van der Waals surface area (Å²) >= 11 is 0. The standard InChI is InChI=1S/C16H32O3Si2/c1-6-17-20(4,13-21(5,18-7-2)19-8-3)16-12-14-9-10-15(16)11-14/h9-10,14-16H,6-8,11-13H2,1-5H3. The van der Waals surface area contributed by atoms with E-state index in [-0.39, 0.29) is 0 Å². The van der Waals surface area contributed by atoms with Gasteiger partial charge in [-0.1, -0.05) is 12.2 Å². The highest BCUT2D eigenvalue weighted by atomic mass is 28.4. The third-order valence-electron chi connectivity index (χ3n) is 5.11. The summed E-state index contributed by atoms with van der Waals surface area (Å²) in [5.74, 6) is 1.55. The minimum absolute atomic E-state index is 0.746. The Labute approximate surface area is 132 Å². The number of rotatable bonds is 9. The average Bonchev–Trinajstić information content (AvgIpc) is 3.01. The number of allylic oxidation sites excluding steroid dienone is 2. The molecule has 0 aromatic carbocycles. The van der Waals surface area contributed by atoms with E-state index in [1.165, 1.54) is 12.8 Å². The molecule has 0 amide bonds. The molecule has 5 heteroatoms. The molecule has 2 aliphatic rings. The van der Waals surface area contributed by atoms with Gasteiger partial charge in [0, 0.05) is 25.5 Å². The van der Waals surface area contributed by atoms with E-state index in [2.05, 4.69) is 46.0 Å². The summed E-state index contributed by atoms with van der Waals surface area (Å²) in [6.45, 7) is 13.3. The summed E-state index contributed by atoms with van der Waals surface area (Å²) in [6, 6.07) is 0. The van der Waals surface area contributed by atoms with Crippen LogP contribution in [0.1, 0.15) is 33.6 Å². The van der Waals surface area contributed by atoms with Crippen LogP contribution in [0.2, 0.25) is 24.3 Å². The van der Waals surface area contributed by atoms with Crippen molar-refractivity contribution in [2.45, 2.75) is 57.9 Å². The van der Waals surface area contributed by atoms with Gasteiger partial charge in [0.1, 0.15) is 0 Å². The van der Waals surface area contributed by atoms with Gasteiger partial charge in [-0.2, -0.15) is 0 Å². The van der Waals surface area contributed by atoms with Gasteiger partial charge in [0.05, 0.1) is 0 Å². The van der Waals surface area contributed by atoms with Gasteiger partial charge in [-0.05, 0) is 64.1 Å². The van der Waals surface area contributed by atoms with E-state index in [1.54, 1.807) is 0 Å². The third kappa shape index (κ3) is 3.88. The molecule has 122 valence electrons. The molecule has 2 aliphatic carbocycles. The summed E-state index contributed by atoms with van der Waals surface area (Å²) in [5, 5.41) is 0. The topological polar surface area (TPSA) is 27.7 Å². The zero-order valence-electron chi connectivity index (χ0n) is 14.4. The maximum Gasteiger partial charge on any atom is 0.334 e. The van der Waals surface area contributed by atoms with Crippen molar-refractivity contribution in [3.8, 4) is 0 Å². The molecule has 1 fully saturated rings. The molecule has 0 spiro atoms. The average molecular weight is 329 g/mol. The first kappa shape index (κ1) is 17.4. The Hall–Kier alpha value is 0.0538. The minimum atomic E-state index is -2.10. The van der Waals surface area contributed by atoms with Crippen LogP contribution >= 0.6 is 0 Å². The van der Waals surface area contributed by atoms with Crippen LogP contribution in [0.15, 0.2) is 12.2 Å². The first-order chi connectivity index (χ1) is 9.96. The molecule has 3 nitrogen and oxygen atoms in total. The Morgan fingerprint density at radius 2 is 1.52 bits per heavy atom. The van der Waals surface area contributed by atoms with Gasteiger partial charge in [-0.15, -0.1) is 0 Å². The van der Waals surface area contributed by atoms with Gasteiger partial charge in [0.25, 0.3) is 0 Å². The van der Waals surface area contributed by atoms with Crippen molar-refractivity contribution in [1.29, 1.82) is 0 Å². The normalized spacial score (nSPS) is 30.8. The van der Waals surface area contributed by atoms with Crippen LogP contribution in [0.25, 0.3) is 0 Å². The molecule has 0 N–H and O–H groups in total. The highest BCUT2D eigenvalue weighted by molar-refractivity contribution is 6.89. The second kappa shape index (κ2) is 7.09. The molecule has 2 rings (SSSR count). The second-order valence-electron chi connectivity index (χ2n) is 6.81. The zero-order chi connectivity index (χ0) is 15.5. The fourth-order valence-corrected chi connectivity index (χ4v) is 16.0. The predicted molar refractivity (Wildman–Crippen MR) is 92.0 cm³/mol. The molecule has 4 unspecified atom stereocenters. The Bertz CT molecular complexity index is 369. The molecule has 4 atom stereocenters. The maximum atomic E-state index is 6.43. The van der Waals surface area contributed by atoms with E-state index in [9.17, 15) is 0 Å². The SMILES string of the molecule is CCO[Si](C)(C[Si](C)(OCC)C1CC2C=CC1C2)OCC. The van der Waals surface area contributed by atoms with Gasteiger partial charge in [-0.25, -0.2) is 0 Å². The van der Waals surface area contributed by atoms with E-state index < -0.39 is 16.9 Å². The van der Waals surface area contributed by atoms with Crippen LogP contribution in [-0.4, -0.2) is 36.7 Å². The van der Waals surface area contributed by atoms with Crippen molar-refractivity contribution in [2.24, 2.45) is 11.8 Å². The van der Waals surface area contributed by atoms with Gasteiger partial charge in [-0.3, -0.25) is 0 Å². The monoisotopic (exact) mass is 328 g/mol. The van der Waals surface area contributed by atoms with E-state index in [0.717, 1.165) is 42.9 Å². The van der Waals surface area contributed by atoms with E-state index in [1.807, 2.05) is 0 Å². The molecule has 0 radical (unpaired) electrons. The summed E-state index contributed by atoms with van der Waals surface area (Å²) in [5.41, 5.74) is 1.82. The fourth-order valence-electron chi connectivity index (χ4n) is 4.49. The molecule has 0 aliphatic heterocycles. The van der Waals surface area contributed by atoms with Crippen molar-refractivity contribution in [3.63, 3.8) is 0 Å². The predicted octanol–water partition coefficient (Wildman–Crippen LogP) is 4.25. The number of fused-ring (bicyclic) bond motifs is 2. The van der Waals surface area contributed by atoms with Crippen LogP contribution < -0.4 is 0 Å². The summed E-state index contributed by atoms with van der Waals surface area (Å²) < 4.78 is 18.6. The number of hydrogen-bond acceptors (Lipinski definition) is 3. The van der Waals surface area contributed by atoms with Crippen molar-refractivity contribution < 1.29 is 13.3 Å². The lowest BCUT2D eigenvalue weighted by Gasteiger charge is -2.41. The fraction of sp³-hybridized carbons (Fsp3) is 0.875. The van der Waals surface area contributed by atoms with Crippen LogP contribution in [0.4, 0.5) is 0 Å². The van der Waals surface area contributed by atoms with Crippen molar-refractivity contribution in [1.82, 2.24) is 0 Å². The van der Waals surface area contributed by atoms with E-state index in [4.69, 9.17) is 13.3 Å². The Morgan fingerprint density at radius 3 is 1.95 bits per heavy atom. The Morgan fingerprint density at radius 1 is 0.905 bits per heavy atom. The highest BCUT2D eigenvalue weighted by Crippen LogP contribution is 2.53. The van der Waals surface area contributed by atoms with Gasteiger partial charge >= 0.3 is 8.56 Å². The molecular formula is C16H32O3Si2. The maximum absolute atomic E-state index is 6.43. The quantitative estimate of drug-likeness (QED) is 0.468. The third-order valence-corrected chi connectivity index (χ3v) is 15.5. The molecular weight excluding hydrogens is 296 g/mol. The molecule has 0 aromatic rings. The molecule has 2 bridgehead atoms. The Kier molecular flexibility index (Phi) is 5.87. The first-order valence-corrected chi connectivity index (χ1v) is 13.8. The highest BCUT2D eigenvalue weighted by Gasteiger charge is 2.53. The lowest BCUT2D eigenvalue weighted by Crippen LogP contribution is -2.53. The molecule has 21 heavy (non-hydrogen) atoms. The molecule has 1 saturated carbocycles. The minimum Gasteiger partial charge on any atom is -0.417 e. The van der Waals surface area contributed by atoms with Crippen LogP contribution in [0.3, 0.4) is 0 Å². The molecule has 0 saturated heterocycles. The Balaban J connectivity index is 2.14. The lowest BCUT2D eigenvalue weighted by atomic mass is 10.1. The zero-order valence-corrected chi connectivity index (χ0v) is 16.4. The van der Waals surface area contributed by atoms with Crippen molar-refractivity contribution in [3.05, 3.63) is 12.2 Å². The van der Waals surface area contributed by atoms with Gasteiger partial charge < -0.3 is 13.3 Å². The van der Waals surface area contributed by atoms with Crippen LogP contribution in [0, 0.1) is 11.8 Å². The van der Waals surface area contributed by atoms with Gasteiger partial charge in [0.2, 0.25) is 0 Å². The van der Waals surface area contributed by atoms with E-state index >= 15 is 0 Å². The summed E-state index contributed by atoms with van der Waals surface area (Å²) in [4.78, 5) is 0. The number of hydrogen-bond donors (Lipinski definition) is 0. The van der Waals surface area contributed by atoms with Crippen molar-refractivity contribution in [2.75, 3.05) is 19.8 Å². The summed E-state index contributed by atoms with van der Waals surface area (Å²) in [7, 11) is -3.92. The van der Waals surface area contributed by atoms with Crippen LogP contribution in [-0.2, 0) is 13.3 Å². The molecule has 0 aromatic heterocycles. The largest absolute Gasteiger partial charge is 0.417 e. The summed E-state index contributed by atoms with van der Waals surface area (Å²) in [6.07, 6.45) is 7.54. The molecule has 0 heterocycles. The van der Waals surface area contributed by atoms with Crippen molar-refractivity contribution >= 4 is 16.9 Å². The smallest absolute Gasteiger partial charge is 0.334 e. The van der Waals surface area contributed by atoms with E-state index in [0.29, 0.717) is 0 Å². The second-order valence-corrected chi connectivity index (χ2v) is 14.7. The lowest BCUT2D eigenvalue weighted by molar-refractivity contribution is 0.190. The first-order valence-electron chi connectivity index (χ1n) is 8.56.